The maximum atomic E-state index is 13.7. The number of carbonyl (C=O) groups is 1. The molecular formula is C27H21Cl2F3N4O. The molecule has 2 heterocycles. The van der Waals surface area contributed by atoms with Crippen molar-refractivity contribution < 1.29 is 18.0 Å². The van der Waals surface area contributed by atoms with Gasteiger partial charge in [-0.05, 0) is 47.9 Å². The number of amides is 1. The number of carbonyl (C=O) groups excluding carboxylic acids is 1. The minimum atomic E-state index is -4.66. The van der Waals surface area contributed by atoms with Crippen molar-refractivity contribution in [2.24, 2.45) is 0 Å². The van der Waals surface area contributed by atoms with E-state index in [2.05, 4.69) is 15.7 Å². The topological polar surface area (TPSA) is 59.0 Å². The van der Waals surface area contributed by atoms with Crippen molar-refractivity contribution >= 4 is 45.7 Å². The average molecular weight is 545 g/mol. The van der Waals surface area contributed by atoms with Gasteiger partial charge in [0.25, 0.3) is 5.91 Å². The largest absolute Gasteiger partial charge is 0.435 e. The second-order valence-corrected chi connectivity index (χ2v) is 9.67. The van der Waals surface area contributed by atoms with Crippen LogP contribution in [0.5, 0.6) is 0 Å². The van der Waals surface area contributed by atoms with Crippen LogP contribution in [0.25, 0.3) is 10.8 Å². The van der Waals surface area contributed by atoms with Crippen LogP contribution >= 0.6 is 23.2 Å². The molecule has 1 aliphatic heterocycles. The predicted octanol–water partition coefficient (Wildman–Crippen LogP) is 7.53. The normalized spacial score (nSPS) is 16.4. The Bertz CT molecular complexity index is 1560. The van der Waals surface area contributed by atoms with Gasteiger partial charge in [0.1, 0.15) is 11.9 Å². The van der Waals surface area contributed by atoms with Crippen molar-refractivity contribution in [2.75, 3.05) is 5.32 Å². The molecular weight excluding hydrogens is 524 g/mol. The van der Waals surface area contributed by atoms with Crippen LogP contribution in [0.4, 0.5) is 19.0 Å². The summed E-state index contributed by atoms with van der Waals surface area (Å²) < 4.78 is 41.7. The zero-order valence-electron chi connectivity index (χ0n) is 19.7. The monoisotopic (exact) mass is 544 g/mol. The van der Waals surface area contributed by atoms with E-state index in [4.69, 9.17) is 23.2 Å². The van der Waals surface area contributed by atoms with Gasteiger partial charge < -0.3 is 10.6 Å². The van der Waals surface area contributed by atoms with Crippen LogP contribution in [0.3, 0.4) is 0 Å². The minimum Gasteiger partial charge on any atom is -0.346 e. The van der Waals surface area contributed by atoms with Crippen LogP contribution in [0, 0.1) is 0 Å². The third-order valence-electron chi connectivity index (χ3n) is 6.41. The molecule has 2 atom stereocenters. The van der Waals surface area contributed by atoms with Gasteiger partial charge in [0, 0.05) is 11.8 Å². The van der Waals surface area contributed by atoms with Crippen molar-refractivity contribution in [3.63, 3.8) is 0 Å². The van der Waals surface area contributed by atoms with Crippen LogP contribution in [-0.2, 0) is 11.0 Å². The van der Waals surface area contributed by atoms with E-state index in [9.17, 15) is 18.0 Å². The SMILES string of the molecule is CC1=C(C(=O)N[C@@H](C)c2cccc3ccccc23)C(c2ccc(Cl)c(Cl)c2)n2nc(C(F)(F)F)cc2N1. The first kappa shape index (κ1) is 25.2. The number of rotatable bonds is 4. The Balaban J connectivity index is 1.57. The fourth-order valence-electron chi connectivity index (χ4n) is 4.67. The predicted molar refractivity (Wildman–Crippen MR) is 139 cm³/mol. The molecule has 5 nitrogen and oxygen atoms in total. The van der Waals surface area contributed by atoms with Gasteiger partial charge in [0.05, 0.1) is 21.7 Å². The van der Waals surface area contributed by atoms with Crippen molar-refractivity contribution in [3.05, 3.63) is 105 Å². The Hall–Kier alpha value is -3.49. The van der Waals surface area contributed by atoms with Gasteiger partial charge in [-0.2, -0.15) is 18.3 Å². The molecule has 0 aliphatic carbocycles. The maximum Gasteiger partial charge on any atom is 0.435 e. The summed E-state index contributed by atoms with van der Waals surface area (Å²) in [5, 5.41) is 12.3. The fraction of sp³-hybridized carbons (Fsp3) is 0.185. The second kappa shape index (κ2) is 9.43. The zero-order chi connectivity index (χ0) is 26.5. The number of anilines is 1. The lowest BCUT2D eigenvalue weighted by Crippen LogP contribution is -2.36. The Kier molecular flexibility index (Phi) is 6.41. The summed E-state index contributed by atoms with van der Waals surface area (Å²) in [5.74, 6) is -0.337. The second-order valence-electron chi connectivity index (χ2n) is 8.86. The van der Waals surface area contributed by atoms with E-state index in [0.717, 1.165) is 27.1 Å². The molecule has 1 unspecified atom stereocenters. The van der Waals surface area contributed by atoms with Gasteiger partial charge in [-0.15, -0.1) is 0 Å². The number of halogens is 5. The summed E-state index contributed by atoms with van der Waals surface area (Å²) in [5.41, 5.74) is 0.934. The fourth-order valence-corrected chi connectivity index (χ4v) is 4.98. The third kappa shape index (κ3) is 4.67. The highest BCUT2D eigenvalue weighted by Gasteiger charge is 2.40. The summed E-state index contributed by atoms with van der Waals surface area (Å²) in [6.45, 7) is 3.51. The molecule has 2 N–H and O–H groups in total. The lowest BCUT2D eigenvalue weighted by Gasteiger charge is -2.30. The van der Waals surface area contributed by atoms with Crippen LogP contribution < -0.4 is 10.6 Å². The van der Waals surface area contributed by atoms with E-state index < -0.39 is 29.9 Å². The molecule has 37 heavy (non-hydrogen) atoms. The first-order chi connectivity index (χ1) is 17.5. The van der Waals surface area contributed by atoms with E-state index in [1.54, 1.807) is 19.1 Å². The van der Waals surface area contributed by atoms with E-state index in [1.807, 2.05) is 49.4 Å². The number of hydrogen-bond donors (Lipinski definition) is 2. The van der Waals surface area contributed by atoms with Crippen molar-refractivity contribution in [1.29, 1.82) is 0 Å². The summed E-state index contributed by atoms with van der Waals surface area (Å²) in [6, 6.07) is 17.9. The van der Waals surface area contributed by atoms with Crippen LogP contribution in [0.15, 0.2) is 78.0 Å². The standard InChI is InChI=1S/C27H21Cl2F3N4O/c1-14(18-9-5-7-16-6-3-4-8-19(16)18)34-26(37)24-15(2)33-23-13-22(27(30,31)32)35-36(23)25(24)17-10-11-20(28)21(29)12-17/h3-14,25,33H,1-2H3,(H,34,37)/t14-,25?/m0/s1. The molecule has 3 aromatic carbocycles. The number of nitrogens with zero attached hydrogens (tertiary/aromatic N) is 2. The zero-order valence-corrected chi connectivity index (χ0v) is 21.2. The third-order valence-corrected chi connectivity index (χ3v) is 7.14. The van der Waals surface area contributed by atoms with Gasteiger partial charge in [-0.25, -0.2) is 4.68 Å². The highest BCUT2D eigenvalue weighted by Crippen LogP contribution is 2.41. The van der Waals surface area contributed by atoms with Gasteiger partial charge in [0.15, 0.2) is 5.69 Å². The number of alkyl halides is 3. The van der Waals surface area contributed by atoms with Crippen molar-refractivity contribution in [1.82, 2.24) is 15.1 Å². The molecule has 0 saturated carbocycles. The van der Waals surface area contributed by atoms with Crippen LogP contribution in [0.1, 0.15) is 42.8 Å². The van der Waals surface area contributed by atoms with E-state index in [-0.39, 0.29) is 21.4 Å². The molecule has 1 aromatic heterocycles. The first-order valence-corrected chi connectivity index (χ1v) is 12.2. The Labute approximate surface area is 220 Å². The molecule has 5 rings (SSSR count). The van der Waals surface area contributed by atoms with Gasteiger partial charge in [-0.1, -0.05) is 71.7 Å². The van der Waals surface area contributed by atoms with E-state index >= 15 is 0 Å². The Morgan fingerprint density at radius 3 is 2.51 bits per heavy atom. The number of fused-ring (bicyclic) bond motifs is 2. The van der Waals surface area contributed by atoms with Crippen LogP contribution in [0.2, 0.25) is 10.0 Å². The Morgan fingerprint density at radius 2 is 1.78 bits per heavy atom. The molecule has 190 valence electrons. The number of aromatic nitrogens is 2. The lowest BCUT2D eigenvalue weighted by atomic mass is 9.94. The van der Waals surface area contributed by atoms with Gasteiger partial charge in [-0.3, -0.25) is 4.79 Å². The lowest BCUT2D eigenvalue weighted by molar-refractivity contribution is -0.141. The molecule has 10 heteroatoms. The van der Waals surface area contributed by atoms with Gasteiger partial charge in [0.2, 0.25) is 0 Å². The summed E-state index contributed by atoms with van der Waals surface area (Å²) >= 11 is 12.3. The van der Waals surface area contributed by atoms with Crippen LogP contribution in [-0.4, -0.2) is 15.7 Å². The Morgan fingerprint density at radius 1 is 1.05 bits per heavy atom. The summed E-state index contributed by atoms with van der Waals surface area (Å²) in [6.07, 6.45) is -4.66. The van der Waals surface area contributed by atoms with E-state index in [0.29, 0.717) is 11.3 Å². The van der Waals surface area contributed by atoms with Crippen molar-refractivity contribution in [3.8, 4) is 0 Å². The minimum absolute atomic E-state index is 0.111. The molecule has 4 aromatic rings. The quantitative estimate of drug-likeness (QED) is 0.279. The highest BCUT2D eigenvalue weighted by molar-refractivity contribution is 6.42. The maximum absolute atomic E-state index is 13.7. The smallest absolute Gasteiger partial charge is 0.346 e. The molecule has 0 saturated heterocycles. The molecule has 0 spiro atoms. The summed E-state index contributed by atoms with van der Waals surface area (Å²) in [4.78, 5) is 13.7. The number of benzene rings is 3. The van der Waals surface area contributed by atoms with Crippen molar-refractivity contribution in [2.45, 2.75) is 32.1 Å². The van der Waals surface area contributed by atoms with E-state index in [1.165, 1.54) is 6.07 Å². The molecule has 0 bridgehead atoms. The molecule has 0 fully saturated rings. The number of nitrogens with one attached hydrogen (secondary N) is 2. The number of allylic oxidation sites excluding steroid dienone is 1. The first-order valence-electron chi connectivity index (χ1n) is 11.4. The molecule has 1 aliphatic rings. The highest BCUT2D eigenvalue weighted by atomic mass is 35.5. The summed E-state index contributed by atoms with van der Waals surface area (Å²) in [7, 11) is 0. The van der Waals surface area contributed by atoms with Gasteiger partial charge >= 0.3 is 6.18 Å². The molecule has 0 radical (unpaired) electrons. The number of hydrogen-bond acceptors (Lipinski definition) is 3. The average Bonchev–Trinajstić information content (AvgIpc) is 3.28. The molecule has 1 amide bonds.